The highest BCUT2D eigenvalue weighted by atomic mass is 35.5. The Hall–Kier alpha value is -1.59. The summed E-state index contributed by atoms with van der Waals surface area (Å²) < 4.78 is 1.08. The predicted octanol–water partition coefficient (Wildman–Crippen LogP) is 0.289. The molecule has 0 fully saturated rings. The fraction of sp³-hybridized carbons (Fsp3) is 0.273. The van der Waals surface area contributed by atoms with Crippen LogP contribution in [0.2, 0.25) is 0 Å². The smallest absolute Gasteiger partial charge is 0.273 e. The van der Waals surface area contributed by atoms with E-state index >= 15 is 0 Å². The van der Waals surface area contributed by atoms with Crippen LogP contribution in [-0.2, 0) is 6.54 Å². The quantitative estimate of drug-likeness (QED) is 0.773. The molecule has 0 radical (unpaired) electrons. The monoisotopic (exact) mass is 254 g/mol. The molecule has 0 amide bonds. The average Bonchev–Trinajstić information content (AvgIpc) is 2.35. The van der Waals surface area contributed by atoms with Crippen molar-refractivity contribution in [2.75, 3.05) is 5.88 Å². The maximum atomic E-state index is 12.0. The van der Waals surface area contributed by atoms with Gasteiger partial charge in [0.05, 0.1) is 29.3 Å². The van der Waals surface area contributed by atoms with Gasteiger partial charge in [0.1, 0.15) is 0 Å². The van der Waals surface area contributed by atoms with Crippen LogP contribution in [0.1, 0.15) is 0 Å². The molecule has 1 unspecified atom stereocenters. The molecule has 6 heteroatoms. The summed E-state index contributed by atoms with van der Waals surface area (Å²) in [6.07, 6.45) is -0.869. The Morgan fingerprint density at radius 3 is 2.59 bits per heavy atom. The Balaban J connectivity index is 2.63. The minimum absolute atomic E-state index is 0.00129. The Morgan fingerprint density at radius 1 is 1.29 bits per heavy atom. The van der Waals surface area contributed by atoms with Crippen molar-refractivity contribution in [3.8, 4) is 0 Å². The highest BCUT2D eigenvalue weighted by molar-refractivity contribution is 6.18. The van der Waals surface area contributed by atoms with E-state index < -0.39 is 6.10 Å². The van der Waals surface area contributed by atoms with Gasteiger partial charge < -0.3 is 5.11 Å². The zero-order chi connectivity index (χ0) is 12.4. The molecule has 0 aliphatic rings. The van der Waals surface area contributed by atoms with Crippen molar-refractivity contribution in [1.29, 1.82) is 0 Å². The van der Waals surface area contributed by atoms with Crippen molar-refractivity contribution in [2.45, 2.75) is 12.6 Å². The molecule has 2 rings (SSSR count). The molecule has 0 aliphatic carbocycles. The summed E-state index contributed by atoms with van der Waals surface area (Å²) in [5.41, 5.74) is -0.702. The lowest BCUT2D eigenvalue weighted by Crippen LogP contribution is -2.34. The molecule has 90 valence electrons. The summed E-state index contributed by atoms with van der Waals surface area (Å²) in [7, 11) is 0. The van der Waals surface area contributed by atoms with E-state index in [9.17, 15) is 14.7 Å². The average molecular weight is 255 g/mol. The number of H-pyrrole nitrogens is 1. The lowest BCUT2D eigenvalue weighted by atomic mass is 10.2. The highest BCUT2D eigenvalue weighted by Crippen LogP contribution is 2.02. The normalized spacial score (nSPS) is 12.8. The second kappa shape index (κ2) is 4.73. The molecule has 17 heavy (non-hydrogen) atoms. The Kier molecular flexibility index (Phi) is 3.31. The van der Waals surface area contributed by atoms with Crippen LogP contribution in [0, 0.1) is 0 Å². The number of halogens is 1. The summed E-state index contributed by atoms with van der Waals surface area (Å²) in [5, 5.41) is 12.5. The van der Waals surface area contributed by atoms with Crippen molar-refractivity contribution < 1.29 is 5.11 Å². The number of rotatable bonds is 3. The third kappa shape index (κ3) is 2.25. The third-order valence-corrected chi connectivity index (χ3v) is 2.81. The maximum Gasteiger partial charge on any atom is 0.273 e. The number of fused-ring (bicyclic) bond motifs is 1. The summed E-state index contributed by atoms with van der Waals surface area (Å²) >= 11 is 5.45. The summed E-state index contributed by atoms with van der Waals surface area (Å²) in [6, 6.07) is 6.54. The van der Waals surface area contributed by atoms with Gasteiger partial charge in [-0.25, -0.2) is 4.68 Å². The van der Waals surface area contributed by atoms with E-state index in [-0.39, 0.29) is 23.5 Å². The number of aliphatic hydroxyl groups is 1. The Labute approximate surface area is 101 Å². The molecular formula is C11H11ClN2O3. The number of aliphatic hydroxyl groups excluding tert-OH is 1. The Morgan fingerprint density at radius 2 is 1.94 bits per heavy atom. The van der Waals surface area contributed by atoms with Crippen molar-refractivity contribution >= 4 is 22.4 Å². The molecule has 0 bridgehead atoms. The van der Waals surface area contributed by atoms with Crippen LogP contribution < -0.4 is 11.1 Å². The molecular weight excluding hydrogens is 244 g/mol. The molecule has 0 saturated heterocycles. The first kappa shape index (κ1) is 11.9. The minimum atomic E-state index is -0.869. The van der Waals surface area contributed by atoms with Gasteiger partial charge in [-0.15, -0.1) is 11.6 Å². The van der Waals surface area contributed by atoms with Crippen molar-refractivity contribution in [1.82, 2.24) is 9.78 Å². The van der Waals surface area contributed by atoms with Gasteiger partial charge in [0.2, 0.25) is 0 Å². The van der Waals surface area contributed by atoms with E-state index in [1.807, 2.05) is 0 Å². The topological polar surface area (TPSA) is 75.1 Å². The van der Waals surface area contributed by atoms with Crippen LogP contribution in [0.15, 0.2) is 33.9 Å². The van der Waals surface area contributed by atoms with Crippen molar-refractivity contribution in [3.05, 3.63) is 45.0 Å². The lowest BCUT2D eigenvalue weighted by Gasteiger charge is -2.10. The molecule has 0 spiro atoms. The first-order valence-corrected chi connectivity index (χ1v) is 5.63. The second-order valence-corrected chi connectivity index (χ2v) is 4.02. The third-order valence-electron chi connectivity index (χ3n) is 2.46. The van der Waals surface area contributed by atoms with Gasteiger partial charge in [0.15, 0.2) is 0 Å². The number of nitrogens with one attached hydrogen (secondary N) is 1. The second-order valence-electron chi connectivity index (χ2n) is 3.71. The first-order chi connectivity index (χ1) is 8.13. The number of hydrogen-bond donors (Lipinski definition) is 2. The molecule has 0 aliphatic heterocycles. The number of benzene rings is 1. The molecule has 2 N–H and O–H groups in total. The van der Waals surface area contributed by atoms with Gasteiger partial charge in [-0.05, 0) is 12.1 Å². The molecule has 1 aromatic carbocycles. The molecule has 1 heterocycles. The highest BCUT2D eigenvalue weighted by Gasteiger charge is 2.09. The van der Waals surface area contributed by atoms with Gasteiger partial charge in [-0.3, -0.25) is 14.7 Å². The van der Waals surface area contributed by atoms with Gasteiger partial charge in [-0.2, -0.15) is 0 Å². The molecule has 1 aromatic heterocycles. The minimum Gasteiger partial charge on any atom is -0.390 e. The standard InChI is InChI=1S/C11H11ClN2O3/c12-5-7(15)6-14-11(17)9-4-2-1-3-8(9)10(16)13-14/h1-4,7,15H,5-6H2,(H,13,16). The van der Waals surface area contributed by atoms with E-state index in [0.717, 1.165) is 4.68 Å². The van der Waals surface area contributed by atoms with E-state index in [1.54, 1.807) is 24.3 Å². The number of hydrogen-bond acceptors (Lipinski definition) is 3. The molecule has 2 aromatic rings. The fourth-order valence-corrected chi connectivity index (χ4v) is 1.73. The number of alkyl halides is 1. The Bertz CT molecular complexity index is 647. The van der Waals surface area contributed by atoms with Crippen LogP contribution in [-0.4, -0.2) is 26.9 Å². The van der Waals surface area contributed by atoms with Crippen molar-refractivity contribution in [3.63, 3.8) is 0 Å². The molecule has 1 atom stereocenters. The summed E-state index contributed by atoms with van der Waals surface area (Å²) in [5.74, 6) is 0.00129. The van der Waals surface area contributed by atoms with Gasteiger partial charge in [-0.1, -0.05) is 12.1 Å². The summed E-state index contributed by atoms with van der Waals surface area (Å²) in [6.45, 7) is -0.0254. The number of aromatic amines is 1. The first-order valence-electron chi connectivity index (χ1n) is 5.09. The zero-order valence-corrected chi connectivity index (χ0v) is 9.65. The zero-order valence-electron chi connectivity index (χ0n) is 8.89. The van der Waals surface area contributed by atoms with Crippen molar-refractivity contribution in [2.24, 2.45) is 0 Å². The molecule has 0 saturated carbocycles. The van der Waals surface area contributed by atoms with E-state index in [2.05, 4.69) is 5.10 Å². The predicted molar refractivity (Wildman–Crippen MR) is 65.6 cm³/mol. The van der Waals surface area contributed by atoms with Crippen LogP contribution in [0.4, 0.5) is 0 Å². The van der Waals surface area contributed by atoms with Gasteiger partial charge in [0.25, 0.3) is 11.1 Å². The van der Waals surface area contributed by atoms with Crippen LogP contribution in [0.25, 0.3) is 10.8 Å². The lowest BCUT2D eigenvalue weighted by molar-refractivity contribution is 0.169. The summed E-state index contributed by atoms with van der Waals surface area (Å²) in [4.78, 5) is 23.7. The molecule has 5 nitrogen and oxygen atoms in total. The van der Waals surface area contributed by atoms with Crippen LogP contribution in [0.5, 0.6) is 0 Å². The maximum absolute atomic E-state index is 12.0. The van der Waals surface area contributed by atoms with Gasteiger partial charge >= 0.3 is 0 Å². The number of nitrogens with zero attached hydrogens (tertiary/aromatic N) is 1. The van der Waals surface area contributed by atoms with E-state index in [1.165, 1.54) is 0 Å². The largest absolute Gasteiger partial charge is 0.390 e. The van der Waals surface area contributed by atoms with Crippen LogP contribution in [0.3, 0.4) is 0 Å². The van der Waals surface area contributed by atoms with Gasteiger partial charge in [0, 0.05) is 0 Å². The fourth-order valence-electron chi connectivity index (χ4n) is 1.63. The van der Waals surface area contributed by atoms with E-state index in [0.29, 0.717) is 10.8 Å². The number of aromatic nitrogens is 2. The van der Waals surface area contributed by atoms with Crippen LogP contribution >= 0.6 is 11.6 Å². The van der Waals surface area contributed by atoms with E-state index in [4.69, 9.17) is 11.6 Å². The SMILES string of the molecule is O=c1[nH]n(CC(O)CCl)c(=O)c2ccccc12.